The molecule has 0 atom stereocenters. The van der Waals surface area contributed by atoms with E-state index in [4.69, 9.17) is 14.2 Å². The van der Waals surface area contributed by atoms with Gasteiger partial charge in [0, 0.05) is 5.56 Å². The summed E-state index contributed by atoms with van der Waals surface area (Å²) < 4.78 is 16.3. The van der Waals surface area contributed by atoms with Crippen molar-refractivity contribution < 1.29 is 23.9 Å². The summed E-state index contributed by atoms with van der Waals surface area (Å²) >= 11 is 0. The Hall–Kier alpha value is -2.73. The fraction of sp³-hybridized carbons (Fsp3) is 0.409. The van der Waals surface area contributed by atoms with Gasteiger partial charge in [-0.25, -0.2) is 0 Å². The number of ether oxygens (including phenoxy) is 3. The molecule has 0 radical (unpaired) electrons. The summed E-state index contributed by atoms with van der Waals surface area (Å²) in [6.07, 6.45) is 0.475. The first-order chi connectivity index (χ1) is 13.6. The van der Waals surface area contributed by atoms with E-state index in [-0.39, 0.29) is 5.91 Å². The van der Waals surface area contributed by atoms with Crippen LogP contribution in [0.4, 0.5) is 0 Å². The zero-order valence-electron chi connectivity index (χ0n) is 16.9. The molecule has 1 N–H and O–H groups in total. The van der Waals surface area contributed by atoms with E-state index in [1.54, 1.807) is 21.3 Å². The lowest BCUT2D eigenvalue weighted by Gasteiger charge is -2.32. The predicted molar refractivity (Wildman–Crippen MR) is 107 cm³/mol. The smallest absolute Gasteiger partial charge is 0.227 e. The number of nitrogens with zero attached hydrogens (tertiary/aromatic N) is 1. The Morgan fingerprint density at radius 1 is 0.929 bits per heavy atom. The van der Waals surface area contributed by atoms with Gasteiger partial charge in [0.1, 0.15) is 6.54 Å². The zero-order valence-corrected chi connectivity index (χ0v) is 16.9. The maximum atomic E-state index is 12.5. The van der Waals surface area contributed by atoms with Crippen LogP contribution in [-0.4, -0.2) is 58.3 Å². The normalized spacial score (nSPS) is 14.6. The van der Waals surface area contributed by atoms with Crippen molar-refractivity contribution in [3.05, 3.63) is 53.6 Å². The van der Waals surface area contributed by atoms with E-state index in [1.165, 1.54) is 4.90 Å². The number of piperazine rings is 1. The van der Waals surface area contributed by atoms with Gasteiger partial charge in [-0.3, -0.25) is 4.79 Å². The minimum atomic E-state index is 0.207. The lowest BCUT2D eigenvalue weighted by atomic mass is 10.1. The van der Waals surface area contributed by atoms with Crippen LogP contribution in [0.3, 0.4) is 0 Å². The van der Waals surface area contributed by atoms with E-state index < -0.39 is 0 Å². The third-order valence-corrected chi connectivity index (χ3v) is 5.20. The van der Waals surface area contributed by atoms with Crippen LogP contribution < -0.4 is 19.1 Å². The second-order valence-corrected chi connectivity index (χ2v) is 7.00. The summed E-state index contributed by atoms with van der Waals surface area (Å²) in [7, 11) is 4.87. The summed E-state index contributed by atoms with van der Waals surface area (Å²) in [6.45, 7) is 4.28. The largest absolute Gasteiger partial charge is 0.493 e. The molecule has 1 aliphatic rings. The van der Waals surface area contributed by atoms with Crippen molar-refractivity contribution in [1.82, 2.24) is 4.90 Å². The Morgan fingerprint density at radius 3 is 2.07 bits per heavy atom. The summed E-state index contributed by atoms with van der Waals surface area (Å²) in [6, 6.07) is 13.9. The molecule has 1 fully saturated rings. The van der Waals surface area contributed by atoms with Crippen molar-refractivity contribution in [1.29, 1.82) is 0 Å². The van der Waals surface area contributed by atoms with Crippen LogP contribution in [-0.2, 0) is 17.8 Å². The number of methoxy groups -OCH3 is 3. The maximum Gasteiger partial charge on any atom is 0.227 e. The summed E-state index contributed by atoms with van der Waals surface area (Å²) in [5.41, 5.74) is 2.20. The first-order valence-corrected chi connectivity index (χ1v) is 9.58. The molecule has 6 heteroatoms. The number of carbonyl (C=O) groups excluding carboxylic acids is 1. The van der Waals surface area contributed by atoms with Crippen molar-refractivity contribution in [2.45, 2.75) is 13.0 Å². The molecule has 1 amide bonds. The first-order valence-electron chi connectivity index (χ1n) is 9.58. The van der Waals surface area contributed by atoms with E-state index in [0.29, 0.717) is 23.7 Å². The van der Waals surface area contributed by atoms with Crippen molar-refractivity contribution in [3.8, 4) is 17.2 Å². The predicted octanol–water partition coefficient (Wildman–Crippen LogP) is 1.18. The van der Waals surface area contributed by atoms with Gasteiger partial charge in [0.15, 0.2) is 11.5 Å². The minimum Gasteiger partial charge on any atom is -0.493 e. The lowest BCUT2D eigenvalue weighted by molar-refractivity contribution is -0.917. The van der Waals surface area contributed by atoms with Gasteiger partial charge >= 0.3 is 0 Å². The molecule has 150 valence electrons. The Kier molecular flexibility index (Phi) is 6.76. The highest BCUT2D eigenvalue weighted by Crippen LogP contribution is 2.37. The maximum absolute atomic E-state index is 12.5. The van der Waals surface area contributed by atoms with E-state index in [1.807, 2.05) is 47.4 Å². The Balaban J connectivity index is 1.57. The van der Waals surface area contributed by atoms with Crippen LogP contribution in [0, 0.1) is 0 Å². The van der Waals surface area contributed by atoms with Crippen LogP contribution >= 0.6 is 0 Å². The topological polar surface area (TPSA) is 52.4 Å². The SMILES string of the molecule is COc1cc(C[NH+]2CCN(C(=O)Cc3ccccc3)CC2)cc(OC)c1OC. The highest BCUT2D eigenvalue weighted by molar-refractivity contribution is 5.78. The van der Waals surface area contributed by atoms with Crippen LogP contribution in [0.1, 0.15) is 11.1 Å². The van der Waals surface area contributed by atoms with Gasteiger partial charge < -0.3 is 24.0 Å². The average molecular weight is 385 g/mol. The molecule has 1 saturated heterocycles. The van der Waals surface area contributed by atoms with E-state index in [2.05, 4.69) is 0 Å². The van der Waals surface area contributed by atoms with Gasteiger partial charge in [-0.15, -0.1) is 0 Å². The summed E-state index contributed by atoms with van der Waals surface area (Å²) in [5.74, 6) is 2.17. The molecule has 6 nitrogen and oxygen atoms in total. The number of hydrogen-bond acceptors (Lipinski definition) is 4. The molecule has 0 aromatic heterocycles. The first kappa shape index (κ1) is 20.0. The number of carbonyl (C=O) groups is 1. The van der Waals surface area contributed by atoms with Gasteiger partial charge in [0.05, 0.1) is 53.9 Å². The van der Waals surface area contributed by atoms with Gasteiger partial charge in [0.2, 0.25) is 11.7 Å². The molecule has 1 aliphatic heterocycles. The van der Waals surface area contributed by atoms with Gasteiger partial charge in [-0.05, 0) is 17.7 Å². The van der Waals surface area contributed by atoms with Crippen LogP contribution in [0.2, 0.25) is 0 Å². The molecule has 28 heavy (non-hydrogen) atoms. The Morgan fingerprint density at radius 2 is 1.54 bits per heavy atom. The number of benzene rings is 2. The van der Waals surface area contributed by atoms with Gasteiger partial charge in [-0.1, -0.05) is 30.3 Å². The highest BCUT2D eigenvalue weighted by Gasteiger charge is 2.24. The lowest BCUT2D eigenvalue weighted by Crippen LogP contribution is -3.13. The third kappa shape index (κ3) is 4.75. The number of rotatable bonds is 7. The number of quaternary nitrogens is 1. The molecule has 0 aliphatic carbocycles. The van der Waals surface area contributed by atoms with Crippen molar-refractivity contribution in [3.63, 3.8) is 0 Å². The zero-order chi connectivity index (χ0) is 19.9. The molecular formula is C22H29N2O4+. The van der Waals surface area contributed by atoms with Crippen LogP contribution in [0.5, 0.6) is 17.2 Å². The molecule has 2 aromatic rings. The van der Waals surface area contributed by atoms with Crippen molar-refractivity contribution in [2.75, 3.05) is 47.5 Å². The van der Waals surface area contributed by atoms with E-state index in [0.717, 1.165) is 43.9 Å². The third-order valence-electron chi connectivity index (χ3n) is 5.20. The molecule has 0 unspecified atom stereocenters. The number of hydrogen-bond donors (Lipinski definition) is 1. The number of amides is 1. The summed E-state index contributed by atoms with van der Waals surface area (Å²) in [5, 5.41) is 0. The fourth-order valence-corrected chi connectivity index (χ4v) is 3.66. The highest BCUT2D eigenvalue weighted by atomic mass is 16.5. The second-order valence-electron chi connectivity index (χ2n) is 7.00. The van der Waals surface area contributed by atoms with Crippen molar-refractivity contribution in [2.24, 2.45) is 0 Å². The van der Waals surface area contributed by atoms with E-state index in [9.17, 15) is 4.79 Å². The molecule has 3 rings (SSSR count). The van der Waals surface area contributed by atoms with Crippen LogP contribution in [0.15, 0.2) is 42.5 Å². The molecule has 0 saturated carbocycles. The minimum absolute atomic E-state index is 0.207. The fourth-order valence-electron chi connectivity index (χ4n) is 3.66. The molecule has 0 spiro atoms. The molecular weight excluding hydrogens is 356 g/mol. The quantitative estimate of drug-likeness (QED) is 0.778. The molecule has 0 bridgehead atoms. The monoisotopic (exact) mass is 385 g/mol. The van der Waals surface area contributed by atoms with E-state index >= 15 is 0 Å². The average Bonchev–Trinajstić information content (AvgIpc) is 2.74. The Bertz CT molecular complexity index is 761. The van der Waals surface area contributed by atoms with Crippen molar-refractivity contribution >= 4 is 5.91 Å². The van der Waals surface area contributed by atoms with Crippen LogP contribution in [0.25, 0.3) is 0 Å². The molecule has 2 aromatic carbocycles. The van der Waals surface area contributed by atoms with Gasteiger partial charge in [0.25, 0.3) is 0 Å². The molecule has 1 heterocycles. The summed E-state index contributed by atoms with van der Waals surface area (Å²) in [4.78, 5) is 16.0. The van der Waals surface area contributed by atoms with Gasteiger partial charge in [-0.2, -0.15) is 0 Å². The Labute approximate surface area is 166 Å². The number of nitrogens with one attached hydrogen (secondary N) is 1. The second kappa shape index (κ2) is 9.46. The standard InChI is InChI=1S/C22H28N2O4/c1-26-19-13-18(14-20(27-2)22(19)28-3)16-23-9-11-24(12-10-23)21(25)15-17-7-5-4-6-8-17/h4-8,13-14H,9-12,15-16H2,1-3H3/p+1.